The Morgan fingerprint density at radius 1 is 1.72 bits per heavy atom. The van der Waals surface area contributed by atoms with Gasteiger partial charge in [0.25, 0.3) is 0 Å². The fourth-order valence-corrected chi connectivity index (χ4v) is 2.01. The van der Waals surface area contributed by atoms with Crippen molar-refractivity contribution < 1.29 is 4.79 Å². The molecule has 1 fully saturated rings. The number of rotatable bonds is 3. The topological polar surface area (TPSA) is 94.9 Å². The molecule has 94 valence electrons. The quantitative estimate of drug-likeness (QED) is 0.486. The van der Waals surface area contributed by atoms with Gasteiger partial charge in [0.2, 0.25) is 11.9 Å². The first-order valence-electron chi connectivity index (χ1n) is 5.42. The molecule has 1 amide bonds. The van der Waals surface area contributed by atoms with E-state index in [1.54, 1.807) is 6.20 Å². The molecule has 0 aromatic carbocycles. The van der Waals surface area contributed by atoms with Gasteiger partial charge in [-0.3, -0.25) is 9.69 Å². The number of amides is 1. The summed E-state index contributed by atoms with van der Waals surface area (Å²) in [6, 6.07) is 0. The van der Waals surface area contributed by atoms with E-state index in [0.29, 0.717) is 25.5 Å². The molecule has 8 heteroatoms. The van der Waals surface area contributed by atoms with Crippen LogP contribution in [0.4, 0.5) is 5.95 Å². The SMILES string of the molecule is Cc1nc(N2CC(CN=[N+]=[N-])CC2=O)ncc1Br. The van der Waals surface area contributed by atoms with E-state index in [2.05, 4.69) is 35.9 Å². The van der Waals surface area contributed by atoms with Crippen molar-refractivity contribution >= 4 is 27.8 Å². The van der Waals surface area contributed by atoms with Gasteiger partial charge < -0.3 is 0 Å². The number of halogens is 1. The van der Waals surface area contributed by atoms with Gasteiger partial charge in [-0.25, -0.2) is 9.97 Å². The number of aryl methyl sites for hydroxylation is 1. The Morgan fingerprint density at radius 2 is 2.50 bits per heavy atom. The van der Waals surface area contributed by atoms with Gasteiger partial charge in [-0.1, -0.05) is 5.11 Å². The summed E-state index contributed by atoms with van der Waals surface area (Å²) in [6.07, 6.45) is 2.00. The fraction of sp³-hybridized carbons (Fsp3) is 0.500. The molecular weight excluding hydrogens is 300 g/mol. The van der Waals surface area contributed by atoms with Crippen molar-refractivity contribution in [2.45, 2.75) is 13.3 Å². The molecule has 1 unspecified atom stereocenters. The summed E-state index contributed by atoms with van der Waals surface area (Å²) in [5.41, 5.74) is 9.06. The Kier molecular flexibility index (Phi) is 3.78. The maximum atomic E-state index is 11.8. The average Bonchev–Trinajstić information content (AvgIpc) is 2.71. The van der Waals surface area contributed by atoms with Crippen molar-refractivity contribution in [2.24, 2.45) is 11.0 Å². The van der Waals surface area contributed by atoms with Crippen LogP contribution in [0.25, 0.3) is 10.4 Å². The zero-order chi connectivity index (χ0) is 13.1. The summed E-state index contributed by atoms with van der Waals surface area (Å²) >= 11 is 3.32. The molecule has 2 heterocycles. The van der Waals surface area contributed by atoms with Crippen molar-refractivity contribution in [3.8, 4) is 0 Å². The van der Waals surface area contributed by atoms with Crippen LogP contribution in [0.5, 0.6) is 0 Å². The lowest BCUT2D eigenvalue weighted by Gasteiger charge is -2.14. The van der Waals surface area contributed by atoms with E-state index >= 15 is 0 Å². The van der Waals surface area contributed by atoms with E-state index in [-0.39, 0.29) is 11.8 Å². The summed E-state index contributed by atoms with van der Waals surface area (Å²) in [7, 11) is 0. The molecule has 0 spiro atoms. The van der Waals surface area contributed by atoms with Crippen LogP contribution in [-0.4, -0.2) is 29.0 Å². The minimum atomic E-state index is -0.0325. The van der Waals surface area contributed by atoms with E-state index in [4.69, 9.17) is 5.53 Å². The molecule has 1 aromatic heterocycles. The number of aromatic nitrogens is 2. The van der Waals surface area contributed by atoms with Crippen molar-refractivity contribution in [1.29, 1.82) is 0 Å². The molecule has 0 aliphatic carbocycles. The van der Waals surface area contributed by atoms with E-state index < -0.39 is 0 Å². The number of carbonyl (C=O) groups is 1. The number of anilines is 1. The summed E-state index contributed by atoms with van der Waals surface area (Å²) < 4.78 is 0.809. The first kappa shape index (κ1) is 12.8. The van der Waals surface area contributed by atoms with E-state index in [9.17, 15) is 4.79 Å². The first-order valence-corrected chi connectivity index (χ1v) is 6.21. The average molecular weight is 311 g/mol. The highest BCUT2D eigenvalue weighted by Crippen LogP contribution is 2.24. The van der Waals surface area contributed by atoms with Gasteiger partial charge in [0.1, 0.15) is 0 Å². The van der Waals surface area contributed by atoms with Gasteiger partial charge in [-0.2, -0.15) is 0 Å². The highest BCUT2D eigenvalue weighted by Gasteiger charge is 2.31. The van der Waals surface area contributed by atoms with Crippen LogP contribution in [0.3, 0.4) is 0 Å². The molecule has 1 aliphatic heterocycles. The molecule has 2 rings (SSSR count). The lowest BCUT2D eigenvalue weighted by molar-refractivity contribution is -0.117. The Balaban J connectivity index is 2.16. The second-order valence-electron chi connectivity index (χ2n) is 4.09. The standard InChI is InChI=1S/C10H11BrN6O/c1-6-8(11)4-13-10(15-6)17-5-7(2-9(17)18)3-14-16-12/h4,7H,2-3,5H2,1H3. The van der Waals surface area contributed by atoms with Crippen molar-refractivity contribution in [1.82, 2.24) is 9.97 Å². The normalized spacial score (nSPS) is 18.9. The Labute approximate surface area is 112 Å². The van der Waals surface area contributed by atoms with Crippen molar-refractivity contribution in [3.05, 3.63) is 26.8 Å². The largest absolute Gasteiger partial charge is 0.280 e. The molecule has 0 bridgehead atoms. The minimum Gasteiger partial charge on any atom is -0.280 e. The van der Waals surface area contributed by atoms with Gasteiger partial charge in [0.15, 0.2) is 0 Å². The van der Waals surface area contributed by atoms with Gasteiger partial charge in [0, 0.05) is 30.6 Å². The predicted octanol–water partition coefficient (Wildman–Crippen LogP) is 2.21. The fourth-order valence-electron chi connectivity index (χ4n) is 1.82. The summed E-state index contributed by atoms with van der Waals surface area (Å²) in [4.78, 5) is 24.5. The van der Waals surface area contributed by atoms with E-state index in [0.717, 1.165) is 10.2 Å². The van der Waals surface area contributed by atoms with Crippen LogP contribution in [0.15, 0.2) is 15.8 Å². The summed E-state index contributed by atoms with van der Waals surface area (Å²) in [5.74, 6) is 0.417. The van der Waals surface area contributed by atoms with Crippen LogP contribution in [0.2, 0.25) is 0 Å². The monoisotopic (exact) mass is 310 g/mol. The van der Waals surface area contributed by atoms with Crippen LogP contribution >= 0.6 is 15.9 Å². The third-order valence-corrected chi connectivity index (χ3v) is 3.53. The van der Waals surface area contributed by atoms with Gasteiger partial charge in [0.05, 0.1) is 10.2 Å². The Bertz CT molecular complexity index is 527. The van der Waals surface area contributed by atoms with E-state index in [1.165, 1.54) is 4.90 Å². The maximum absolute atomic E-state index is 11.8. The molecule has 7 nitrogen and oxygen atoms in total. The van der Waals surface area contributed by atoms with Gasteiger partial charge in [-0.15, -0.1) is 0 Å². The molecule has 1 aliphatic rings. The predicted molar refractivity (Wildman–Crippen MR) is 68.9 cm³/mol. The van der Waals surface area contributed by atoms with E-state index in [1.807, 2.05) is 6.92 Å². The third-order valence-electron chi connectivity index (χ3n) is 2.76. The summed E-state index contributed by atoms with van der Waals surface area (Å²) in [5, 5.41) is 3.50. The third kappa shape index (κ3) is 2.60. The van der Waals surface area contributed by atoms with Crippen LogP contribution < -0.4 is 4.90 Å². The number of hydrogen-bond acceptors (Lipinski definition) is 4. The van der Waals surface area contributed by atoms with Crippen LogP contribution in [0.1, 0.15) is 12.1 Å². The zero-order valence-corrected chi connectivity index (χ0v) is 11.3. The second-order valence-corrected chi connectivity index (χ2v) is 4.95. The molecule has 1 aromatic rings. The molecule has 0 N–H and O–H groups in total. The smallest absolute Gasteiger partial charge is 0.232 e. The van der Waals surface area contributed by atoms with Gasteiger partial charge in [-0.05, 0) is 34.3 Å². The molecular formula is C10H11BrN6O. The lowest BCUT2D eigenvalue weighted by Crippen LogP contribution is -2.27. The van der Waals surface area contributed by atoms with Crippen LogP contribution in [0, 0.1) is 12.8 Å². The summed E-state index contributed by atoms with van der Waals surface area (Å²) in [6.45, 7) is 2.67. The highest BCUT2D eigenvalue weighted by atomic mass is 79.9. The van der Waals surface area contributed by atoms with Crippen LogP contribution in [-0.2, 0) is 4.79 Å². The number of hydrogen-bond donors (Lipinski definition) is 0. The number of carbonyl (C=O) groups excluding carboxylic acids is 1. The Hall–Kier alpha value is -1.66. The molecule has 1 saturated heterocycles. The zero-order valence-electron chi connectivity index (χ0n) is 9.75. The van der Waals surface area contributed by atoms with Crippen molar-refractivity contribution in [2.75, 3.05) is 18.0 Å². The van der Waals surface area contributed by atoms with Crippen molar-refractivity contribution in [3.63, 3.8) is 0 Å². The number of nitrogens with zero attached hydrogens (tertiary/aromatic N) is 6. The first-order chi connectivity index (χ1) is 8.61. The minimum absolute atomic E-state index is 0.0325. The lowest BCUT2D eigenvalue weighted by atomic mass is 10.1. The number of azide groups is 1. The molecule has 1 atom stereocenters. The Morgan fingerprint density at radius 3 is 3.17 bits per heavy atom. The maximum Gasteiger partial charge on any atom is 0.232 e. The highest BCUT2D eigenvalue weighted by molar-refractivity contribution is 9.10. The molecule has 18 heavy (non-hydrogen) atoms. The molecule has 0 saturated carbocycles. The second kappa shape index (κ2) is 5.32. The van der Waals surface area contributed by atoms with Gasteiger partial charge >= 0.3 is 0 Å². The molecule has 0 radical (unpaired) electrons.